The SMILES string of the molecule is CCCOc1ccc(OCC(=O)N(C)CCC(N)C(C)C)cc1.Cl. The number of ether oxygens (including phenoxy) is 2. The Kier molecular flexibility index (Phi) is 11.3. The molecule has 0 fully saturated rings. The molecule has 1 rings (SSSR count). The van der Waals surface area contributed by atoms with Crippen LogP contribution in [0.5, 0.6) is 11.5 Å². The van der Waals surface area contributed by atoms with Gasteiger partial charge in [0, 0.05) is 19.6 Å². The molecule has 1 aromatic rings. The normalized spacial score (nSPS) is 11.6. The van der Waals surface area contributed by atoms with Crippen molar-refractivity contribution >= 4 is 18.3 Å². The summed E-state index contributed by atoms with van der Waals surface area (Å²) in [6, 6.07) is 7.43. The predicted octanol–water partition coefficient (Wildman–Crippen LogP) is 3.11. The third kappa shape index (κ3) is 8.41. The van der Waals surface area contributed by atoms with Crippen LogP contribution in [0.25, 0.3) is 0 Å². The molecular weight excluding hydrogens is 328 g/mol. The number of halogens is 1. The lowest BCUT2D eigenvalue weighted by Gasteiger charge is -2.21. The third-order valence-electron chi connectivity index (χ3n) is 3.74. The van der Waals surface area contributed by atoms with Gasteiger partial charge in [-0.1, -0.05) is 20.8 Å². The molecule has 0 aliphatic rings. The molecule has 0 aliphatic carbocycles. The van der Waals surface area contributed by atoms with E-state index in [1.807, 2.05) is 24.3 Å². The Morgan fingerprint density at radius 1 is 1.17 bits per heavy atom. The van der Waals surface area contributed by atoms with Crippen molar-refractivity contribution in [1.82, 2.24) is 4.90 Å². The van der Waals surface area contributed by atoms with Crippen molar-refractivity contribution in [2.24, 2.45) is 11.7 Å². The number of rotatable bonds is 10. The average molecular weight is 359 g/mol. The van der Waals surface area contributed by atoms with E-state index in [0.717, 1.165) is 18.6 Å². The topological polar surface area (TPSA) is 64.8 Å². The van der Waals surface area contributed by atoms with Crippen LogP contribution in [-0.4, -0.2) is 43.7 Å². The lowest BCUT2D eigenvalue weighted by Crippen LogP contribution is -2.36. The largest absolute Gasteiger partial charge is 0.494 e. The van der Waals surface area contributed by atoms with E-state index in [4.69, 9.17) is 15.2 Å². The van der Waals surface area contributed by atoms with Crippen molar-refractivity contribution in [3.63, 3.8) is 0 Å². The average Bonchev–Trinajstić information content (AvgIpc) is 2.55. The van der Waals surface area contributed by atoms with E-state index >= 15 is 0 Å². The Morgan fingerprint density at radius 3 is 2.21 bits per heavy atom. The molecule has 138 valence electrons. The van der Waals surface area contributed by atoms with Crippen molar-refractivity contribution < 1.29 is 14.3 Å². The van der Waals surface area contributed by atoms with Crippen LogP contribution in [-0.2, 0) is 4.79 Å². The standard InChI is InChI=1S/C18H30N2O3.ClH/c1-5-12-22-15-6-8-16(9-7-15)23-13-18(21)20(4)11-10-17(19)14(2)3;/h6-9,14,17H,5,10-13,19H2,1-4H3;1H. The van der Waals surface area contributed by atoms with Gasteiger partial charge in [-0.05, 0) is 43.0 Å². The zero-order valence-electron chi connectivity index (χ0n) is 15.2. The number of carbonyl (C=O) groups is 1. The molecule has 1 aromatic carbocycles. The van der Waals surface area contributed by atoms with E-state index in [-0.39, 0.29) is 31.0 Å². The first-order valence-corrected chi connectivity index (χ1v) is 8.29. The van der Waals surface area contributed by atoms with Gasteiger partial charge in [0.2, 0.25) is 0 Å². The van der Waals surface area contributed by atoms with E-state index < -0.39 is 0 Å². The van der Waals surface area contributed by atoms with Crippen LogP contribution in [0, 0.1) is 5.92 Å². The lowest BCUT2D eigenvalue weighted by molar-refractivity contribution is -0.132. The second-order valence-corrected chi connectivity index (χ2v) is 6.12. The maximum atomic E-state index is 12.0. The van der Waals surface area contributed by atoms with Crippen LogP contribution in [0.2, 0.25) is 0 Å². The summed E-state index contributed by atoms with van der Waals surface area (Å²) in [5, 5.41) is 0. The smallest absolute Gasteiger partial charge is 0.260 e. The zero-order valence-corrected chi connectivity index (χ0v) is 16.0. The summed E-state index contributed by atoms with van der Waals surface area (Å²) >= 11 is 0. The van der Waals surface area contributed by atoms with Crippen LogP contribution < -0.4 is 15.2 Å². The second kappa shape index (κ2) is 12.0. The Labute approximate surface area is 151 Å². The zero-order chi connectivity index (χ0) is 17.2. The maximum absolute atomic E-state index is 12.0. The van der Waals surface area contributed by atoms with Gasteiger partial charge in [-0.2, -0.15) is 0 Å². The summed E-state index contributed by atoms with van der Waals surface area (Å²) in [4.78, 5) is 13.7. The van der Waals surface area contributed by atoms with Gasteiger partial charge in [-0.15, -0.1) is 12.4 Å². The number of likely N-dealkylation sites (N-methyl/N-ethyl adjacent to an activating group) is 1. The molecule has 24 heavy (non-hydrogen) atoms. The monoisotopic (exact) mass is 358 g/mol. The molecule has 0 saturated carbocycles. The van der Waals surface area contributed by atoms with Gasteiger partial charge in [0.1, 0.15) is 11.5 Å². The highest BCUT2D eigenvalue weighted by Gasteiger charge is 2.13. The van der Waals surface area contributed by atoms with Gasteiger partial charge in [0.25, 0.3) is 5.91 Å². The Balaban J connectivity index is 0.00000529. The first-order chi connectivity index (χ1) is 10.9. The molecule has 5 nitrogen and oxygen atoms in total. The summed E-state index contributed by atoms with van der Waals surface area (Å²) in [5.74, 6) is 1.84. The highest BCUT2D eigenvalue weighted by Crippen LogP contribution is 2.17. The quantitative estimate of drug-likeness (QED) is 0.698. The van der Waals surface area contributed by atoms with Crippen LogP contribution in [0.1, 0.15) is 33.6 Å². The molecule has 6 heteroatoms. The third-order valence-corrected chi connectivity index (χ3v) is 3.74. The molecule has 0 spiro atoms. The van der Waals surface area contributed by atoms with E-state index in [1.165, 1.54) is 0 Å². The second-order valence-electron chi connectivity index (χ2n) is 6.12. The van der Waals surface area contributed by atoms with Gasteiger partial charge in [0.05, 0.1) is 6.61 Å². The number of amides is 1. The fraction of sp³-hybridized carbons (Fsp3) is 0.611. The molecule has 1 unspecified atom stereocenters. The Morgan fingerprint density at radius 2 is 1.71 bits per heavy atom. The van der Waals surface area contributed by atoms with Crippen molar-refractivity contribution in [3.8, 4) is 11.5 Å². The number of hydrogen-bond donors (Lipinski definition) is 1. The maximum Gasteiger partial charge on any atom is 0.260 e. The molecule has 2 N–H and O–H groups in total. The van der Waals surface area contributed by atoms with Crippen LogP contribution in [0.15, 0.2) is 24.3 Å². The van der Waals surface area contributed by atoms with Gasteiger partial charge < -0.3 is 20.1 Å². The van der Waals surface area contributed by atoms with Crippen molar-refractivity contribution in [3.05, 3.63) is 24.3 Å². The highest BCUT2D eigenvalue weighted by molar-refractivity contribution is 5.85. The minimum atomic E-state index is -0.0488. The minimum Gasteiger partial charge on any atom is -0.494 e. The van der Waals surface area contributed by atoms with Crippen molar-refractivity contribution in [1.29, 1.82) is 0 Å². The summed E-state index contributed by atoms with van der Waals surface area (Å²) in [6.45, 7) is 7.61. The summed E-state index contributed by atoms with van der Waals surface area (Å²) in [6.07, 6.45) is 1.77. The number of carbonyl (C=O) groups excluding carboxylic acids is 1. The van der Waals surface area contributed by atoms with E-state index in [1.54, 1.807) is 11.9 Å². The van der Waals surface area contributed by atoms with Gasteiger partial charge >= 0.3 is 0 Å². The van der Waals surface area contributed by atoms with Crippen LogP contribution in [0.3, 0.4) is 0 Å². The first-order valence-electron chi connectivity index (χ1n) is 8.29. The Bertz CT molecular complexity index is 466. The van der Waals surface area contributed by atoms with Crippen molar-refractivity contribution in [2.45, 2.75) is 39.7 Å². The van der Waals surface area contributed by atoms with Gasteiger partial charge in [0.15, 0.2) is 6.61 Å². The molecule has 1 atom stereocenters. The van der Waals surface area contributed by atoms with Gasteiger partial charge in [-0.3, -0.25) is 4.79 Å². The fourth-order valence-corrected chi connectivity index (χ4v) is 1.91. The number of nitrogens with two attached hydrogens (primary N) is 1. The molecule has 1 amide bonds. The minimum absolute atomic E-state index is 0. The van der Waals surface area contributed by atoms with E-state index in [0.29, 0.717) is 24.8 Å². The number of hydrogen-bond acceptors (Lipinski definition) is 4. The first kappa shape index (κ1) is 22.5. The lowest BCUT2D eigenvalue weighted by atomic mass is 10.0. The Hall–Kier alpha value is -1.46. The molecule has 0 bridgehead atoms. The number of nitrogens with zero attached hydrogens (tertiary/aromatic N) is 1. The molecular formula is C18H31ClN2O3. The highest BCUT2D eigenvalue weighted by atomic mass is 35.5. The molecule has 0 aromatic heterocycles. The molecule has 0 radical (unpaired) electrons. The fourth-order valence-electron chi connectivity index (χ4n) is 1.91. The van der Waals surface area contributed by atoms with E-state index in [2.05, 4.69) is 20.8 Å². The number of benzene rings is 1. The van der Waals surface area contributed by atoms with Crippen LogP contribution >= 0.6 is 12.4 Å². The van der Waals surface area contributed by atoms with Crippen LogP contribution in [0.4, 0.5) is 0 Å². The molecule has 0 saturated heterocycles. The summed E-state index contributed by atoms with van der Waals surface area (Å²) < 4.78 is 11.0. The summed E-state index contributed by atoms with van der Waals surface area (Å²) in [7, 11) is 1.78. The molecule has 0 aliphatic heterocycles. The van der Waals surface area contributed by atoms with Crippen molar-refractivity contribution in [2.75, 3.05) is 26.8 Å². The molecule has 0 heterocycles. The van der Waals surface area contributed by atoms with E-state index in [9.17, 15) is 4.79 Å². The van der Waals surface area contributed by atoms with Gasteiger partial charge in [-0.25, -0.2) is 0 Å². The predicted molar refractivity (Wildman–Crippen MR) is 100 cm³/mol. The summed E-state index contributed by atoms with van der Waals surface area (Å²) in [5.41, 5.74) is 6.00.